The topological polar surface area (TPSA) is 46.2 Å². The van der Waals surface area contributed by atoms with Crippen molar-refractivity contribution in [2.45, 2.75) is 10.6 Å². The number of sulfonamides is 1. The predicted molar refractivity (Wildman–Crippen MR) is 107 cm³/mol. The number of hydrogen-bond donors (Lipinski definition) is 1. The van der Waals surface area contributed by atoms with Crippen molar-refractivity contribution < 1.29 is 8.42 Å². The molecule has 0 heterocycles. The van der Waals surface area contributed by atoms with Crippen LogP contribution in [0.3, 0.4) is 0 Å². The van der Waals surface area contributed by atoms with Gasteiger partial charge >= 0.3 is 0 Å². The Hall–Kier alpha value is -1.53. The summed E-state index contributed by atoms with van der Waals surface area (Å²) in [6, 6.07) is 20.7. The van der Waals surface area contributed by atoms with E-state index in [1.807, 2.05) is 36.4 Å². The Morgan fingerprint density at radius 2 is 1.64 bits per heavy atom. The fourth-order valence-corrected chi connectivity index (χ4v) is 5.14. The summed E-state index contributed by atoms with van der Waals surface area (Å²) < 4.78 is 28.0. The lowest BCUT2D eigenvalue weighted by molar-refractivity contribution is 0.585. The van der Waals surface area contributed by atoms with Gasteiger partial charge in [0.1, 0.15) is 0 Å². The zero-order chi connectivity index (χ0) is 17.7. The second-order valence-corrected chi connectivity index (χ2v) is 8.78. The third-order valence-electron chi connectivity index (χ3n) is 3.76. The van der Waals surface area contributed by atoms with Gasteiger partial charge in [-0.25, -0.2) is 13.1 Å². The average molecular weight is 392 g/mol. The second-order valence-electron chi connectivity index (χ2n) is 5.53. The zero-order valence-electron chi connectivity index (χ0n) is 13.5. The van der Waals surface area contributed by atoms with Crippen molar-refractivity contribution in [3.8, 4) is 0 Å². The van der Waals surface area contributed by atoms with Crippen LogP contribution in [0.15, 0.2) is 71.6 Å². The second kappa shape index (κ2) is 8.23. The van der Waals surface area contributed by atoms with E-state index in [1.54, 1.807) is 30.0 Å². The van der Waals surface area contributed by atoms with E-state index >= 15 is 0 Å². The Kier molecular flexibility index (Phi) is 6.02. The Morgan fingerprint density at radius 3 is 2.40 bits per heavy atom. The molecule has 0 bridgehead atoms. The zero-order valence-corrected chi connectivity index (χ0v) is 15.9. The van der Waals surface area contributed by atoms with Crippen LogP contribution in [0, 0.1) is 0 Å². The van der Waals surface area contributed by atoms with Crippen LogP contribution in [0.2, 0.25) is 5.02 Å². The summed E-state index contributed by atoms with van der Waals surface area (Å²) in [5.74, 6) is 1.56. The van der Waals surface area contributed by atoms with Crippen molar-refractivity contribution in [2.75, 3.05) is 12.3 Å². The maximum Gasteiger partial charge on any atom is 0.241 e. The normalized spacial score (nSPS) is 11.7. The van der Waals surface area contributed by atoms with Gasteiger partial charge in [0.2, 0.25) is 10.0 Å². The summed E-state index contributed by atoms with van der Waals surface area (Å²) >= 11 is 7.92. The highest BCUT2D eigenvalue weighted by Crippen LogP contribution is 2.29. The molecular weight excluding hydrogens is 374 g/mol. The first-order valence-electron chi connectivity index (χ1n) is 7.86. The van der Waals surface area contributed by atoms with Crippen LogP contribution in [0.25, 0.3) is 10.8 Å². The van der Waals surface area contributed by atoms with E-state index < -0.39 is 10.0 Å². The standard InChI is InChI=1S/C19H18ClNO2S2/c20-17-10-4-8-16-9-5-11-18(19(16)17)25(22,23)21-12-13-24-14-15-6-2-1-3-7-15/h1-11,21H,12-14H2. The molecule has 0 fully saturated rings. The third-order valence-corrected chi connectivity index (χ3v) is 6.60. The molecule has 0 spiro atoms. The van der Waals surface area contributed by atoms with Crippen molar-refractivity contribution in [3.63, 3.8) is 0 Å². The lowest BCUT2D eigenvalue weighted by atomic mass is 10.1. The molecule has 0 amide bonds. The fraction of sp³-hybridized carbons (Fsp3) is 0.158. The van der Waals surface area contributed by atoms with Crippen molar-refractivity contribution in [1.29, 1.82) is 0 Å². The first-order chi connectivity index (χ1) is 12.1. The number of hydrogen-bond acceptors (Lipinski definition) is 3. The first kappa shape index (κ1) is 18.3. The predicted octanol–water partition coefficient (Wildman–Crippen LogP) is 4.70. The minimum Gasteiger partial charge on any atom is -0.210 e. The molecule has 3 nitrogen and oxygen atoms in total. The van der Waals surface area contributed by atoms with Gasteiger partial charge in [-0.2, -0.15) is 11.8 Å². The summed E-state index contributed by atoms with van der Waals surface area (Å²) in [6.07, 6.45) is 0. The van der Waals surface area contributed by atoms with Gasteiger partial charge in [0.05, 0.1) is 4.90 Å². The van der Waals surface area contributed by atoms with E-state index in [0.717, 1.165) is 11.1 Å². The smallest absolute Gasteiger partial charge is 0.210 e. The van der Waals surface area contributed by atoms with Gasteiger partial charge in [-0.15, -0.1) is 0 Å². The molecule has 0 saturated carbocycles. The third kappa shape index (κ3) is 4.55. The van der Waals surface area contributed by atoms with E-state index in [-0.39, 0.29) is 4.90 Å². The molecule has 3 aromatic carbocycles. The fourth-order valence-electron chi connectivity index (χ4n) is 2.58. The molecule has 0 aliphatic heterocycles. The summed E-state index contributed by atoms with van der Waals surface area (Å²) in [6.45, 7) is 0.376. The number of fused-ring (bicyclic) bond motifs is 1. The highest BCUT2D eigenvalue weighted by Gasteiger charge is 2.18. The molecule has 0 saturated heterocycles. The molecule has 0 aromatic heterocycles. The number of rotatable bonds is 7. The van der Waals surface area contributed by atoms with E-state index in [0.29, 0.717) is 22.7 Å². The van der Waals surface area contributed by atoms with Gasteiger partial charge in [0, 0.05) is 28.5 Å². The minimum absolute atomic E-state index is 0.226. The molecule has 0 aliphatic rings. The lowest BCUT2D eigenvalue weighted by Crippen LogP contribution is -2.26. The Bertz CT molecular complexity index is 954. The van der Waals surface area contributed by atoms with Crippen molar-refractivity contribution in [3.05, 3.63) is 77.3 Å². The molecule has 3 rings (SSSR count). The van der Waals surface area contributed by atoms with E-state index in [1.165, 1.54) is 5.56 Å². The quantitative estimate of drug-likeness (QED) is 0.593. The molecule has 0 atom stereocenters. The van der Waals surface area contributed by atoms with Crippen LogP contribution >= 0.6 is 23.4 Å². The maximum atomic E-state index is 12.7. The summed E-state index contributed by atoms with van der Waals surface area (Å²) in [5, 5.41) is 1.82. The SMILES string of the molecule is O=S(=O)(NCCSCc1ccccc1)c1cccc2cccc(Cl)c12. The van der Waals surface area contributed by atoms with Gasteiger partial charge in [-0.3, -0.25) is 0 Å². The van der Waals surface area contributed by atoms with Crippen LogP contribution in [-0.2, 0) is 15.8 Å². The van der Waals surface area contributed by atoms with Gasteiger partial charge in [0.25, 0.3) is 0 Å². The summed E-state index contributed by atoms with van der Waals surface area (Å²) in [7, 11) is -3.60. The highest BCUT2D eigenvalue weighted by atomic mass is 35.5. The van der Waals surface area contributed by atoms with Crippen LogP contribution in [0.5, 0.6) is 0 Å². The van der Waals surface area contributed by atoms with Gasteiger partial charge in [0.15, 0.2) is 0 Å². The molecule has 0 radical (unpaired) electrons. The Labute approximate surface area is 157 Å². The average Bonchev–Trinajstić information content (AvgIpc) is 2.62. The van der Waals surface area contributed by atoms with Crippen LogP contribution < -0.4 is 4.72 Å². The van der Waals surface area contributed by atoms with Gasteiger partial charge in [-0.1, -0.05) is 66.2 Å². The first-order valence-corrected chi connectivity index (χ1v) is 10.9. The van der Waals surface area contributed by atoms with Crippen LogP contribution in [0.4, 0.5) is 0 Å². The van der Waals surface area contributed by atoms with Crippen molar-refractivity contribution in [2.24, 2.45) is 0 Å². The van der Waals surface area contributed by atoms with Crippen LogP contribution in [-0.4, -0.2) is 20.7 Å². The molecule has 1 N–H and O–H groups in total. The van der Waals surface area contributed by atoms with E-state index in [2.05, 4.69) is 16.9 Å². The number of thioether (sulfide) groups is 1. The Morgan fingerprint density at radius 1 is 0.920 bits per heavy atom. The molecule has 6 heteroatoms. The molecule has 130 valence electrons. The molecule has 0 aliphatic carbocycles. The molecule has 25 heavy (non-hydrogen) atoms. The van der Waals surface area contributed by atoms with Gasteiger partial charge < -0.3 is 0 Å². The Balaban J connectivity index is 1.65. The van der Waals surface area contributed by atoms with Crippen molar-refractivity contribution >= 4 is 44.2 Å². The van der Waals surface area contributed by atoms with E-state index in [9.17, 15) is 8.42 Å². The molecular formula is C19H18ClNO2S2. The lowest BCUT2D eigenvalue weighted by Gasteiger charge is -2.10. The number of nitrogens with one attached hydrogen (secondary N) is 1. The molecule has 0 unspecified atom stereocenters. The summed E-state index contributed by atoms with van der Waals surface area (Å²) in [4.78, 5) is 0.226. The number of halogens is 1. The summed E-state index contributed by atoms with van der Waals surface area (Å²) in [5.41, 5.74) is 1.23. The minimum atomic E-state index is -3.60. The van der Waals surface area contributed by atoms with Crippen molar-refractivity contribution in [1.82, 2.24) is 4.72 Å². The maximum absolute atomic E-state index is 12.7. The monoisotopic (exact) mass is 391 g/mol. The largest absolute Gasteiger partial charge is 0.241 e. The molecule has 3 aromatic rings. The van der Waals surface area contributed by atoms with Gasteiger partial charge in [-0.05, 0) is 23.1 Å². The number of benzene rings is 3. The van der Waals surface area contributed by atoms with Crippen LogP contribution in [0.1, 0.15) is 5.56 Å². The highest BCUT2D eigenvalue weighted by molar-refractivity contribution is 7.98. The van der Waals surface area contributed by atoms with E-state index in [4.69, 9.17) is 11.6 Å².